The molecule has 1 atom stereocenters. The normalized spacial score (nSPS) is 12.7. The number of aryl methyl sites for hydroxylation is 1. The molecule has 0 bridgehead atoms. The molecule has 0 radical (unpaired) electrons. The van der Waals surface area contributed by atoms with Crippen molar-refractivity contribution < 1.29 is 9.53 Å². The van der Waals surface area contributed by atoms with Crippen LogP contribution in [0.2, 0.25) is 0 Å². The number of imidazole rings is 1. The van der Waals surface area contributed by atoms with E-state index < -0.39 is 6.04 Å². The summed E-state index contributed by atoms with van der Waals surface area (Å²) in [7, 11) is 1.92. The molecule has 6 heteroatoms. The Kier molecular flexibility index (Phi) is 5.05. The zero-order valence-electron chi connectivity index (χ0n) is 14.0. The summed E-state index contributed by atoms with van der Waals surface area (Å²) in [5, 5.41) is 2.82. The average molecular weight is 316 g/mol. The quantitative estimate of drug-likeness (QED) is 0.887. The van der Waals surface area contributed by atoms with Crippen molar-refractivity contribution in [2.45, 2.75) is 33.4 Å². The highest BCUT2D eigenvalue weighted by Crippen LogP contribution is 2.20. The second-order valence-electron chi connectivity index (χ2n) is 6.60. The van der Waals surface area contributed by atoms with Crippen LogP contribution < -0.4 is 15.8 Å². The number of hydrogen-bond acceptors (Lipinski definition) is 4. The first kappa shape index (κ1) is 17.0. The molecule has 1 aromatic carbocycles. The topological polar surface area (TPSA) is 82.2 Å². The molecule has 23 heavy (non-hydrogen) atoms. The smallest absolute Gasteiger partial charge is 0.241 e. The Morgan fingerprint density at radius 2 is 2.00 bits per heavy atom. The first-order valence-corrected chi connectivity index (χ1v) is 7.53. The number of nitrogens with two attached hydrogens (primary N) is 1. The van der Waals surface area contributed by atoms with Gasteiger partial charge in [0, 0.05) is 25.1 Å². The van der Waals surface area contributed by atoms with Gasteiger partial charge in [-0.1, -0.05) is 20.8 Å². The third kappa shape index (κ3) is 4.56. The Morgan fingerprint density at radius 3 is 2.52 bits per heavy atom. The molecule has 2 aromatic rings. The van der Waals surface area contributed by atoms with Gasteiger partial charge in [-0.25, -0.2) is 4.98 Å². The molecule has 1 heterocycles. The van der Waals surface area contributed by atoms with Crippen LogP contribution in [0.15, 0.2) is 36.7 Å². The number of aromatic nitrogens is 2. The average Bonchev–Trinajstić information content (AvgIpc) is 2.90. The maximum atomic E-state index is 12.1. The SMILES string of the molecule is Cn1ccnc1COc1ccc(NC(=O)[C@@H](N)C(C)(C)C)cc1. The molecule has 0 spiro atoms. The summed E-state index contributed by atoms with van der Waals surface area (Å²) in [6, 6.07) is 6.63. The first-order valence-electron chi connectivity index (χ1n) is 7.53. The van der Waals surface area contributed by atoms with Crippen molar-refractivity contribution in [3.63, 3.8) is 0 Å². The van der Waals surface area contributed by atoms with Crippen LogP contribution in [0, 0.1) is 5.41 Å². The zero-order chi connectivity index (χ0) is 17.0. The Balaban J connectivity index is 1.92. The van der Waals surface area contributed by atoms with Gasteiger partial charge in [0.1, 0.15) is 18.2 Å². The predicted molar refractivity (Wildman–Crippen MR) is 90.0 cm³/mol. The van der Waals surface area contributed by atoms with Crippen molar-refractivity contribution >= 4 is 11.6 Å². The van der Waals surface area contributed by atoms with Crippen molar-refractivity contribution in [2.75, 3.05) is 5.32 Å². The number of amides is 1. The molecule has 0 aliphatic carbocycles. The third-order valence-electron chi connectivity index (χ3n) is 3.63. The van der Waals surface area contributed by atoms with E-state index in [1.54, 1.807) is 30.5 Å². The van der Waals surface area contributed by atoms with Gasteiger partial charge in [0.25, 0.3) is 0 Å². The molecule has 1 aromatic heterocycles. The molecule has 3 N–H and O–H groups in total. The fraction of sp³-hybridized carbons (Fsp3) is 0.412. The minimum absolute atomic E-state index is 0.195. The standard InChI is InChI=1S/C17H24N4O2/c1-17(2,3)15(18)16(22)20-12-5-7-13(8-6-12)23-11-14-19-9-10-21(14)4/h5-10,15H,11,18H2,1-4H3,(H,20,22)/t15-/m1/s1. The maximum absolute atomic E-state index is 12.1. The number of hydrogen-bond donors (Lipinski definition) is 2. The number of ether oxygens (including phenoxy) is 1. The van der Waals surface area contributed by atoms with Crippen LogP contribution >= 0.6 is 0 Å². The lowest BCUT2D eigenvalue weighted by Crippen LogP contribution is -2.45. The molecule has 0 saturated heterocycles. The molecule has 0 aliphatic rings. The summed E-state index contributed by atoms with van der Waals surface area (Å²) >= 11 is 0. The van der Waals surface area contributed by atoms with Gasteiger partial charge in [-0.2, -0.15) is 0 Å². The van der Waals surface area contributed by atoms with E-state index in [2.05, 4.69) is 10.3 Å². The molecule has 6 nitrogen and oxygen atoms in total. The van der Waals surface area contributed by atoms with E-state index in [4.69, 9.17) is 10.5 Å². The second-order valence-corrected chi connectivity index (χ2v) is 6.60. The summed E-state index contributed by atoms with van der Waals surface area (Å²) in [6.45, 7) is 6.20. The lowest BCUT2D eigenvalue weighted by atomic mass is 9.87. The molecule has 1 amide bonds. The Bertz CT molecular complexity index is 656. The lowest BCUT2D eigenvalue weighted by molar-refractivity contribution is -0.119. The summed E-state index contributed by atoms with van der Waals surface area (Å²) in [6.07, 6.45) is 3.60. The highest BCUT2D eigenvalue weighted by molar-refractivity contribution is 5.95. The minimum Gasteiger partial charge on any atom is -0.486 e. The van der Waals surface area contributed by atoms with E-state index >= 15 is 0 Å². The van der Waals surface area contributed by atoms with Gasteiger partial charge in [-0.15, -0.1) is 0 Å². The van der Waals surface area contributed by atoms with Crippen LogP contribution in [0.3, 0.4) is 0 Å². The molecule has 124 valence electrons. The highest BCUT2D eigenvalue weighted by Gasteiger charge is 2.27. The van der Waals surface area contributed by atoms with E-state index in [1.807, 2.05) is 38.6 Å². The van der Waals surface area contributed by atoms with Crippen molar-refractivity contribution in [3.8, 4) is 5.75 Å². The number of nitrogens with one attached hydrogen (secondary N) is 1. The molecule has 0 saturated carbocycles. The monoisotopic (exact) mass is 316 g/mol. The van der Waals surface area contributed by atoms with E-state index in [1.165, 1.54) is 0 Å². The summed E-state index contributed by atoms with van der Waals surface area (Å²) in [5.41, 5.74) is 6.35. The van der Waals surface area contributed by atoms with Crippen LogP contribution in [0.25, 0.3) is 0 Å². The van der Waals surface area contributed by atoms with Crippen LogP contribution in [0.5, 0.6) is 5.75 Å². The predicted octanol–water partition coefficient (Wildman–Crippen LogP) is 2.31. The van der Waals surface area contributed by atoms with Gasteiger partial charge in [0.05, 0.1) is 6.04 Å². The first-order chi connectivity index (χ1) is 10.8. The van der Waals surface area contributed by atoms with Crippen LogP contribution in [-0.4, -0.2) is 21.5 Å². The van der Waals surface area contributed by atoms with Gasteiger partial charge < -0.3 is 20.4 Å². The fourth-order valence-electron chi connectivity index (χ4n) is 1.93. The Morgan fingerprint density at radius 1 is 1.35 bits per heavy atom. The number of rotatable bonds is 5. The number of benzene rings is 1. The largest absolute Gasteiger partial charge is 0.486 e. The van der Waals surface area contributed by atoms with Crippen molar-refractivity contribution in [3.05, 3.63) is 42.5 Å². The van der Waals surface area contributed by atoms with E-state index in [0.29, 0.717) is 18.0 Å². The third-order valence-corrected chi connectivity index (χ3v) is 3.63. The van der Waals surface area contributed by atoms with Crippen LogP contribution in [0.4, 0.5) is 5.69 Å². The second kappa shape index (κ2) is 6.83. The zero-order valence-corrected chi connectivity index (χ0v) is 14.0. The molecular formula is C17H24N4O2. The molecule has 0 fully saturated rings. The number of nitrogens with zero attached hydrogens (tertiary/aromatic N) is 2. The Labute approximate surface area is 136 Å². The maximum Gasteiger partial charge on any atom is 0.241 e. The van der Waals surface area contributed by atoms with E-state index in [9.17, 15) is 4.79 Å². The van der Waals surface area contributed by atoms with Crippen LogP contribution in [0.1, 0.15) is 26.6 Å². The number of carbonyl (C=O) groups is 1. The highest BCUT2D eigenvalue weighted by atomic mass is 16.5. The summed E-state index contributed by atoms with van der Waals surface area (Å²) in [5.74, 6) is 1.36. The molecule has 2 rings (SSSR count). The van der Waals surface area contributed by atoms with Gasteiger partial charge in [0.2, 0.25) is 5.91 Å². The molecule has 0 unspecified atom stereocenters. The summed E-state index contributed by atoms with van der Waals surface area (Å²) in [4.78, 5) is 16.3. The van der Waals surface area contributed by atoms with E-state index in [0.717, 1.165) is 5.82 Å². The molecular weight excluding hydrogens is 292 g/mol. The van der Waals surface area contributed by atoms with Crippen molar-refractivity contribution in [1.29, 1.82) is 0 Å². The Hall–Kier alpha value is -2.34. The van der Waals surface area contributed by atoms with Gasteiger partial charge >= 0.3 is 0 Å². The van der Waals surface area contributed by atoms with Crippen LogP contribution in [-0.2, 0) is 18.4 Å². The van der Waals surface area contributed by atoms with Gasteiger partial charge in [0.15, 0.2) is 0 Å². The van der Waals surface area contributed by atoms with Crippen molar-refractivity contribution in [2.24, 2.45) is 18.2 Å². The number of anilines is 1. The summed E-state index contributed by atoms with van der Waals surface area (Å²) < 4.78 is 7.58. The van der Waals surface area contributed by atoms with Gasteiger partial charge in [-0.3, -0.25) is 4.79 Å². The van der Waals surface area contributed by atoms with Crippen molar-refractivity contribution in [1.82, 2.24) is 9.55 Å². The lowest BCUT2D eigenvalue weighted by Gasteiger charge is -2.25. The van der Waals surface area contributed by atoms with E-state index in [-0.39, 0.29) is 11.3 Å². The minimum atomic E-state index is -0.568. The molecule has 0 aliphatic heterocycles. The fourth-order valence-corrected chi connectivity index (χ4v) is 1.93. The van der Waals surface area contributed by atoms with Gasteiger partial charge in [-0.05, 0) is 29.7 Å². The number of carbonyl (C=O) groups excluding carboxylic acids is 1.